The molecule has 0 aliphatic rings. The minimum atomic E-state index is -1.04. The number of hydrogen-bond acceptors (Lipinski definition) is 4. The van der Waals surface area contributed by atoms with Crippen LogP contribution in [0.25, 0.3) is 17.1 Å². The summed E-state index contributed by atoms with van der Waals surface area (Å²) >= 11 is 6.16. The van der Waals surface area contributed by atoms with Crippen molar-refractivity contribution in [2.45, 2.75) is 0 Å². The number of methoxy groups -OCH3 is 1. The molecule has 0 fully saturated rings. The molecule has 5 nitrogen and oxygen atoms in total. The van der Waals surface area contributed by atoms with Gasteiger partial charge in [0, 0.05) is 29.3 Å². The highest BCUT2D eigenvalue weighted by atomic mass is 35.5. The van der Waals surface area contributed by atoms with Crippen molar-refractivity contribution in [3.63, 3.8) is 0 Å². The van der Waals surface area contributed by atoms with Gasteiger partial charge in [0.05, 0.1) is 12.1 Å². The van der Waals surface area contributed by atoms with E-state index in [1.54, 1.807) is 12.1 Å². The first-order valence-electron chi connectivity index (χ1n) is 5.02. The molecular weight excluding hydrogens is 256 g/mol. The second kappa shape index (κ2) is 5.01. The van der Waals surface area contributed by atoms with Crippen LogP contribution in [0.5, 0.6) is 5.88 Å². The van der Waals surface area contributed by atoms with Gasteiger partial charge in [-0.3, -0.25) is 0 Å². The average Bonchev–Trinajstić information content (AvgIpc) is 2.37. The maximum atomic E-state index is 10.5. The fraction of sp³-hybridized carbons (Fsp3) is 0.0833. The zero-order chi connectivity index (χ0) is 13.1. The number of ether oxygens (including phenoxy) is 1. The molecule has 0 amide bonds. The first-order valence-corrected chi connectivity index (χ1v) is 5.40. The molecule has 0 aliphatic carbocycles. The third-order valence-corrected chi connectivity index (χ3v) is 2.70. The van der Waals surface area contributed by atoms with Gasteiger partial charge in [0.25, 0.3) is 0 Å². The van der Waals surface area contributed by atoms with Crippen molar-refractivity contribution in [1.29, 1.82) is 0 Å². The summed E-state index contributed by atoms with van der Waals surface area (Å²) in [6.07, 6.45) is 3.86. The SMILES string of the molecule is COc1ccc2c(Cl)c(C=CC(=O)O)cnc2n1. The molecule has 0 bridgehead atoms. The molecule has 2 aromatic rings. The van der Waals surface area contributed by atoms with Crippen LogP contribution in [0.1, 0.15) is 5.56 Å². The molecule has 2 aromatic heterocycles. The average molecular weight is 265 g/mol. The molecule has 18 heavy (non-hydrogen) atoms. The molecular formula is C12H9ClN2O3. The second-order valence-electron chi connectivity index (χ2n) is 3.42. The molecule has 0 saturated carbocycles. The fourth-order valence-electron chi connectivity index (χ4n) is 1.43. The van der Waals surface area contributed by atoms with Gasteiger partial charge in [0.15, 0.2) is 5.65 Å². The number of carboxylic acids is 1. The summed E-state index contributed by atoms with van der Waals surface area (Å²) in [4.78, 5) is 18.7. The first kappa shape index (κ1) is 12.3. The molecule has 0 radical (unpaired) electrons. The number of rotatable bonds is 3. The standard InChI is InChI=1S/C12H9ClN2O3/c1-18-9-4-3-8-11(13)7(2-5-10(16)17)6-14-12(8)15-9/h2-6H,1H3,(H,16,17). The van der Waals surface area contributed by atoms with E-state index < -0.39 is 5.97 Å². The zero-order valence-corrected chi connectivity index (χ0v) is 10.2. The number of fused-ring (bicyclic) bond motifs is 1. The fourth-order valence-corrected chi connectivity index (χ4v) is 1.69. The Hall–Kier alpha value is -2.14. The summed E-state index contributed by atoms with van der Waals surface area (Å²) < 4.78 is 4.99. The van der Waals surface area contributed by atoms with Gasteiger partial charge in [-0.1, -0.05) is 11.6 Å². The van der Waals surface area contributed by atoms with E-state index in [2.05, 4.69) is 9.97 Å². The number of halogens is 1. The predicted molar refractivity (Wildman–Crippen MR) is 67.8 cm³/mol. The largest absolute Gasteiger partial charge is 0.481 e. The van der Waals surface area contributed by atoms with Gasteiger partial charge in [-0.15, -0.1) is 0 Å². The van der Waals surface area contributed by atoms with Gasteiger partial charge in [0.1, 0.15) is 0 Å². The molecule has 0 atom stereocenters. The molecule has 0 unspecified atom stereocenters. The van der Waals surface area contributed by atoms with Gasteiger partial charge in [-0.2, -0.15) is 4.98 Å². The van der Waals surface area contributed by atoms with Gasteiger partial charge in [-0.25, -0.2) is 9.78 Å². The number of hydrogen-bond donors (Lipinski definition) is 1. The maximum absolute atomic E-state index is 10.5. The smallest absolute Gasteiger partial charge is 0.328 e. The quantitative estimate of drug-likeness (QED) is 0.862. The number of carboxylic acid groups (broad SMARTS) is 1. The molecule has 92 valence electrons. The number of carbonyl (C=O) groups is 1. The predicted octanol–water partition coefficient (Wildman–Crippen LogP) is 2.39. The number of nitrogens with zero attached hydrogens (tertiary/aromatic N) is 2. The van der Waals surface area contributed by atoms with Gasteiger partial charge in [0.2, 0.25) is 5.88 Å². The van der Waals surface area contributed by atoms with Crippen LogP contribution in [0.15, 0.2) is 24.4 Å². The van der Waals surface area contributed by atoms with E-state index in [9.17, 15) is 4.79 Å². The summed E-state index contributed by atoms with van der Waals surface area (Å²) in [6.45, 7) is 0. The summed E-state index contributed by atoms with van der Waals surface area (Å²) in [5.74, 6) is -0.598. The lowest BCUT2D eigenvalue weighted by molar-refractivity contribution is -0.131. The monoisotopic (exact) mass is 264 g/mol. The van der Waals surface area contributed by atoms with Crippen LogP contribution in [-0.4, -0.2) is 28.2 Å². The Balaban J connectivity index is 2.54. The first-order chi connectivity index (χ1) is 8.61. The molecule has 0 aliphatic heterocycles. The van der Waals surface area contributed by atoms with Crippen LogP contribution >= 0.6 is 11.6 Å². The highest BCUT2D eigenvalue weighted by Gasteiger charge is 2.07. The minimum Gasteiger partial charge on any atom is -0.481 e. The lowest BCUT2D eigenvalue weighted by atomic mass is 10.2. The lowest BCUT2D eigenvalue weighted by Crippen LogP contribution is -1.92. The van der Waals surface area contributed by atoms with Crippen molar-refractivity contribution < 1.29 is 14.6 Å². The summed E-state index contributed by atoms with van der Waals surface area (Å²) in [5.41, 5.74) is 0.977. The third kappa shape index (κ3) is 2.41. The highest BCUT2D eigenvalue weighted by Crippen LogP contribution is 2.26. The Morgan fingerprint density at radius 2 is 2.28 bits per heavy atom. The van der Waals surface area contributed by atoms with E-state index in [1.807, 2.05) is 0 Å². The second-order valence-corrected chi connectivity index (χ2v) is 3.80. The number of aromatic nitrogens is 2. The van der Waals surface area contributed by atoms with Crippen LogP contribution in [0.2, 0.25) is 5.02 Å². The zero-order valence-electron chi connectivity index (χ0n) is 9.42. The van der Waals surface area contributed by atoms with Crippen molar-refractivity contribution in [2.75, 3.05) is 7.11 Å². The summed E-state index contributed by atoms with van der Waals surface area (Å²) in [5, 5.41) is 9.62. The van der Waals surface area contributed by atoms with Crippen LogP contribution in [0.3, 0.4) is 0 Å². The van der Waals surface area contributed by atoms with Crippen molar-refractivity contribution in [2.24, 2.45) is 0 Å². The summed E-state index contributed by atoms with van der Waals surface area (Å²) in [7, 11) is 1.51. The molecule has 6 heteroatoms. The molecule has 0 saturated heterocycles. The van der Waals surface area contributed by atoms with Crippen molar-refractivity contribution in [3.05, 3.63) is 35.0 Å². The minimum absolute atomic E-state index is 0.410. The van der Waals surface area contributed by atoms with Crippen LogP contribution in [0.4, 0.5) is 0 Å². The van der Waals surface area contributed by atoms with Crippen molar-refractivity contribution in [1.82, 2.24) is 9.97 Å². The molecule has 2 heterocycles. The number of aliphatic carboxylic acids is 1. The Bertz CT molecular complexity index is 641. The van der Waals surface area contributed by atoms with E-state index >= 15 is 0 Å². The third-order valence-electron chi connectivity index (χ3n) is 2.28. The summed E-state index contributed by atoms with van der Waals surface area (Å²) in [6, 6.07) is 3.40. The van der Waals surface area contributed by atoms with E-state index in [0.29, 0.717) is 27.5 Å². The van der Waals surface area contributed by atoms with E-state index in [0.717, 1.165) is 6.08 Å². The molecule has 0 aromatic carbocycles. The Labute approximate surface area is 108 Å². The van der Waals surface area contributed by atoms with Gasteiger partial charge in [-0.05, 0) is 12.1 Å². The lowest BCUT2D eigenvalue weighted by Gasteiger charge is -2.04. The van der Waals surface area contributed by atoms with E-state index in [4.69, 9.17) is 21.4 Å². The Morgan fingerprint density at radius 1 is 1.50 bits per heavy atom. The maximum Gasteiger partial charge on any atom is 0.328 e. The van der Waals surface area contributed by atoms with Crippen LogP contribution in [0, 0.1) is 0 Å². The molecule has 0 spiro atoms. The van der Waals surface area contributed by atoms with Gasteiger partial charge >= 0.3 is 5.97 Å². The van der Waals surface area contributed by atoms with Crippen molar-refractivity contribution >= 4 is 34.7 Å². The number of pyridine rings is 2. The highest BCUT2D eigenvalue weighted by molar-refractivity contribution is 6.36. The van der Waals surface area contributed by atoms with Crippen molar-refractivity contribution in [3.8, 4) is 5.88 Å². The molecule has 2 rings (SSSR count). The van der Waals surface area contributed by atoms with Crippen LogP contribution < -0.4 is 4.74 Å². The van der Waals surface area contributed by atoms with Crippen LogP contribution in [-0.2, 0) is 4.79 Å². The Kier molecular flexibility index (Phi) is 3.43. The normalized spacial score (nSPS) is 11.0. The topological polar surface area (TPSA) is 72.3 Å². The van der Waals surface area contributed by atoms with Gasteiger partial charge < -0.3 is 9.84 Å². The van der Waals surface area contributed by atoms with E-state index in [1.165, 1.54) is 19.4 Å². The van der Waals surface area contributed by atoms with E-state index in [-0.39, 0.29) is 0 Å². The molecule has 1 N–H and O–H groups in total. The Morgan fingerprint density at radius 3 is 2.94 bits per heavy atom.